The van der Waals surface area contributed by atoms with Crippen LogP contribution in [0.25, 0.3) is 0 Å². The SMILES string of the molecule is CN(C)Cc1cnn(OCCCNc2nsnc2N)c1. The summed E-state index contributed by atoms with van der Waals surface area (Å²) in [5.74, 6) is 1.08. The van der Waals surface area contributed by atoms with E-state index in [2.05, 4.69) is 24.1 Å². The summed E-state index contributed by atoms with van der Waals surface area (Å²) in [4.78, 5) is 9.08. The number of nitrogens with zero attached hydrogens (tertiary/aromatic N) is 5. The third kappa shape index (κ3) is 4.35. The maximum absolute atomic E-state index is 5.61. The molecule has 2 aromatic heterocycles. The number of hydrogen-bond acceptors (Lipinski definition) is 8. The molecule has 0 saturated carbocycles. The van der Waals surface area contributed by atoms with E-state index in [1.165, 1.54) is 4.85 Å². The summed E-state index contributed by atoms with van der Waals surface area (Å²) < 4.78 is 7.92. The number of nitrogens with one attached hydrogen (secondary N) is 1. The summed E-state index contributed by atoms with van der Waals surface area (Å²) >= 11 is 1.10. The van der Waals surface area contributed by atoms with Gasteiger partial charge in [0.05, 0.1) is 24.1 Å². The zero-order valence-corrected chi connectivity index (χ0v) is 12.4. The van der Waals surface area contributed by atoms with Crippen LogP contribution in [0, 0.1) is 0 Å². The molecule has 0 aliphatic heterocycles. The van der Waals surface area contributed by atoms with Crippen LogP contribution in [0.1, 0.15) is 12.0 Å². The minimum atomic E-state index is 0.441. The number of hydrogen-bond donors (Lipinski definition) is 2. The Morgan fingerprint density at radius 3 is 3.00 bits per heavy atom. The van der Waals surface area contributed by atoms with E-state index in [0.29, 0.717) is 18.2 Å². The van der Waals surface area contributed by atoms with E-state index >= 15 is 0 Å². The number of nitrogens with two attached hydrogens (primary N) is 1. The van der Waals surface area contributed by atoms with Gasteiger partial charge in [-0.05, 0) is 14.1 Å². The second-order valence-corrected chi connectivity index (χ2v) is 5.13. The molecule has 0 amide bonds. The van der Waals surface area contributed by atoms with E-state index in [-0.39, 0.29) is 0 Å². The summed E-state index contributed by atoms with van der Waals surface area (Å²) in [6, 6.07) is 0. The van der Waals surface area contributed by atoms with Gasteiger partial charge in [0.2, 0.25) is 0 Å². The minimum absolute atomic E-state index is 0.441. The lowest BCUT2D eigenvalue weighted by Crippen LogP contribution is -2.16. The van der Waals surface area contributed by atoms with E-state index in [4.69, 9.17) is 10.6 Å². The van der Waals surface area contributed by atoms with Crippen molar-refractivity contribution in [2.75, 3.05) is 38.3 Å². The number of rotatable bonds is 8. The normalized spacial score (nSPS) is 10.9. The van der Waals surface area contributed by atoms with Crippen molar-refractivity contribution < 1.29 is 4.84 Å². The molecule has 110 valence electrons. The van der Waals surface area contributed by atoms with Crippen LogP contribution < -0.4 is 15.9 Å². The lowest BCUT2D eigenvalue weighted by atomic mass is 10.3. The van der Waals surface area contributed by atoms with Crippen LogP contribution in [0.15, 0.2) is 12.4 Å². The molecule has 0 spiro atoms. The van der Waals surface area contributed by atoms with Crippen LogP contribution in [0.5, 0.6) is 0 Å². The van der Waals surface area contributed by atoms with Gasteiger partial charge in [0.1, 0.15) is 6.61 Å². The fourth-order valence-corrected chi connectivity index (χ4v) is 2.07. The van der Waals surface area contributed by atoms with E-state index in [0.717, 1.165) is 36.8 Å². The lowest BCUT2D eigenvalue weighted by molar-refractivity contribution is 0.0819. The van der Waals surface area contributed by atoms with Gasteiger partial charge in [-0.15, -0.1) is 9.94 Å². The average molecular weight is 297 g/mol. The van der Waals surface area contributed by atoms with Crippen molar-refractivity contribution >= 4 is 23.4 Å². The Labute approximate surface area is 121 Å². The molecule has 0 unspecified atom stereocenters. The molecule has 0 fully saturated rings. The Morgan fingerprint density at radius 2 is 2.30 bits per heavy atom. The van der Waals surface area contributed by atoms with Crippen molar-refractivity contribution in [3.05, 3.63) is 18.0 Å². The molecule has 3 N–H and O–H groups in total. The predicted molar refractivity (Wildman–Crippen MR) is 78.5 cm³/mol. The Balaban J connectivity index is 1.63. The van der Waals surface area contributed by atoms with Crippen molar-refractivity contribution in [2.45, 2.75) is 13.0 Å². The van der Waals surface area contributed by atoms with E-state index in [1.54, 1.807) is 6.20 Å². The second kappa shape index (κ2) is 7.06. The molecule has 2 rings (SSSR count). The van der Waals surface area contributed by atoms with Crippen molar-refractivity contribution in [2.24, 2.45) is 0 Å². The smallest absolute Gasteiger partial charge is 0.184 e. The molecule has 0 aliphatic rings. The standard InChI is InChI=1S/C11H19N7OS/c1-17(2)7-9-6-14-18(8-9)19-5-3-4-13-11-10(12)15-20-16-11/h6,8H,3-5,7H2,1-2H3,(H2,12,15)(H,13,16). The maximum atomic E-state index is 5.61. The van der Waals surface area contributed by atoms with Crippen molar-refractivity contribution in [3.8, 4) is 0 Å². The fourth-order valence-electron chi connectivity index (χ4n) is 1.61. The van der Waals surface area contributed by atoms with Crippen LogP contribution >= 0.6 is 11.7 Å². The topological polar surface area (TPSA) is 94.1 Å². The summed E-state index contributed by atoms with van der Waals surface area (Å²) in [7, 11) is 4.03. The second-order valence-electron chi connectivity index (χ2n) is 4.60. The molecule has 0 aromatic carbocycles. The molecular formula is C11H19N7OS. The average Bonchev–Trinajstić information content (AvgIpc) is 2.98. The lowest BCUT2D eigenvalue weighted by Gasteiger charge is -2.07. The Morgan fingerprint density at radius 1 is 1.45 bits per heavy atom. The number of anilines is 2. The molecule has 2 aromatic rings. The zero-order chi connectivity index (χ0) is 14.4. The van der Waals surface area contributed by atoms with Gasteiger partial charge in [-0.25, -0.2) is 0 Å². The molecule has 8 nitrogen and oxygen atoms in total. The van der Waals surface area contributed by atoms with Crippen LogP contribution in [0.3, 0.4) is 0 Å². The van der Waals surface area contributed by atoms with Gasteiger partial charge in [-0.2, -0.15) is 8.75 Å². The molecule has 20 heavy (non-hydrogen) atoms. The van der Waals surface area contributed by atoms with Crippen molar-refractivity contribution in [3.63, 3.8) is 0 Å². The summed E-state index contributed by atoms with van der Waals surface area (Å²) in [6.45, 7) is 2.13. The number of nitrogen functional groups attached to an aromatic ring is 1. The highest BCUT2D eigenvalue weighted by molar-refractivity contribution is 6.99. The van der Waals surface area contributed by atoms with Crippen LogP contribution in [-0.2, 0) is 6.54 Å². The summed E-state index contributed by atoms with van der Waals surface area (Å²) in [6.07, 6.45) is 4.51. The first-order chi connectivity index (χ1) is 9.65. The highest BCUT2D eigenvalue weighted by Crippen LogP contribution is 2.13. The largest absolute Gasteiger partial charge is 0.397 e. The maximum Gasteiger partial charge on any atom is 0.184 e. The summed E-state index contributed by atoms with van der Waals surface area (Å²) in [5.41, 5.74) is 6.73. The van der Waals surface area contributed by atoms with Crippen LogP contribution in [0.4, 0.5) is 11.6 Å². The van der Waals surface area contributed by atoms with Gasteiger partial charge in [0, 0.05) is 25.1 Å². The Bertz CT molecular complexity index is 524. The highest BCUT2D eigenvalue weighted by Gasteiger charge is 2.03. The zero-order valence-electron chi connectivity index (χ0n) is 11.6. The summed E-state index contributed by atoms with van der Waals surface area (Å²) in [5, 5.41) is 7.24. The quantitative estimate of drug-likeness (QED) is 0.677. The molecule has 9 heteroatoms. The van der Waals surface area contributed by atoms with Gasteiger partial charge in [-0.1, -0.05) is 0 Å². The highest BCUT2D eigenvalue weighted by atomic mass is 32.1. The molecule has 0 saturated heterocycles. The number of aromatic nitrogens is 4. The first kappa shape index (κ1) is 14.5. The molecule has 0 radical (unpaired) electrons. The van der Waals surface area contributed by atoms with Crippen molar-refractivity contribution in [1.29, 1.82) is 0 Å². The monoisotopic (exact) mass is 297 g/mol. The molecule has 0 bridgehead atoms. The van der Waals surface area contributed by atoms with Crippen LogP contribution in [-0.4, -0.2) is 50.8 Å². The molecular weight excluding hydrogens is 278 g/mol. The van der Waals surface area contributed by atoms with Gasteiger partial charge in [0.25, 0.3) is 0 Å². The van der Waals surface area contributed by atoms with Gasteiger partial charge in [-0.3, -0.25) is 0 Å². The third-order valence-corrected chi connectivity index (χ3v) is 3.01. The van der Waals surface area contributed by atoms with Crippen LogP contribution in [0.2, 0.25) is 0 Å². The van der Waals surface area contributed by atoms with E-state index in [1.807, 2.05) is 20.3 Å². The van der Waals surface area contributed by atoms with Gasteiger partial charge < -0.3 is 20.8 Å². The Hall–Kier alpha value is -1.87. The van der Waals surface area contributed by atoms with E-state index in [9.17, 15) is 0 Å². The predicted octanol–water partition coefficient (Wildman–Crippen LogP) is 0.309. The first-order valence-electron chi connectivity index (χ1n) is 6.28. The first-order valence-corrected chi connectivity index (χ1v) is 7.01. The fraction of sp³-hybridized carbons (Fsp3) is 0.545. The molecule has 0 atom stereocenters. The molecule has 2 heterocycles. The third-order valence-electron chi connectivity index (χ3n) is 2.46. The Kier molecular flexibility index (Phi) is 5.13. The van der Waals surface area contributed by atoms with Crippen molar-refractivity contribution in [1.82, 2.24) is 23.6 Å². The van der Waals surface area contributed by atoms with Gasteiger partial charge >= 0.3 is 0 Å². The minimum Gasteiger partial charge on any atom is -0.397 e. The van der Waals surface area contributed by atoms with Gasteiger partial charge in [0.15, 0.2) is 11.6 Å². The van der Waals surface area contributed by atoms with E-state index < -0.39 is 0 Å². The molecule has 0 aliphatic carbocycles.